The van der Waals surface area contributed by atoms with Crippen molar-refractivity contribution in [3.63, 3.8) is 0 Å². The molecule has 1 aliphatic rings. The highest BCUT2D eigenvalue weighted by Gasteiger charge is 2.39. The number of carbonyl (C=O) groups is 1. The van der Waals surface area contributed by atoms with E-state index in [9.17, 15) is 13.2 Å². The predicted molar refractivity (Wildman–Crippen MR) is 103 cm³/mol. The average Bonchev–Trinajstić information content (AvgIpc) is 3.13. The molecular formula is C19H21ClN2O3S. The first-order valence-corrected chi connectivity index (χ1v) is 10.4. The summed E-state index contributed by atoms with van der Waals surface area (Å²) in [5.41, 5.74) is 1.75. The third-order valence-corrected chi connectivity index (χ3v) is 6.76. The van der Waals surface area contributed by atoms with Gasteiger partial charge in [0.1, 0.15) is 6.04 Å². The van der Waals surface area contributed by atoms with E-state index in [0.717, 1.165) is 17.7 Å². The summed E-state index contributed by atoms with van der Waals surface area (Å²) in [6, 6.07) is 12.9. The molecule has 0 aromatic heterocycles. The number of nitrogens with zero attached hydrogens (tertiary/aromatic N) is 1. The van der Waals surface area contributed by atoms with Gasteiger partial charge in [-0.1, -0.05) is 36.7 Å². The van der Waals surface area contributed by atoms with E-state index in [-0.39, 0.29) is 10.8 Å². The molecule has 1 atom stereocenters. The fourth-order valence-electron chi connectivity index (χ4n) is 3.20. The van der Waals surface area contributed by atoms with Crippen molar-refractivity contribution < 1.29 is 13.2 Å². The van der Waals surface area contributed by atoms with E-state index in [1.54, 1.807) is 0 Å². The van der Waals surface area contributed by atoms with Crippen LogP contribution >= 0.6 is 11.6 Å². The lowest BCUT2D eigenvalue weighted by atomic mass is 10.1. The summed E-state index contributed by atoms with van der Waals surface area (Å²) in [7, 11) is -3.74. The summed E-state index contributed by atoms with van der Waals surface area (Å²) in [5, 5.41) is 3.37. The smallest absolute Gasteiger partial charge is 0.243 e. The number of sulfonamides is 1. The van der Waals surface area contributed by atoms with E-state index in [2.05, 4.69) is 5.32 Å². The van der Waals surface area contributed by atoms with Crippen molar-refractivity contribution in [3.05, 3.63) is 59.1 Å². The molecule has 1 aliphatic heterocycles. The predicted octanol–water partition coefficient (Wildman–Crippen LogP) is 3.69. The normalized spacial score (nSPS) is 18.0. The first kappa shape index (κ1) is 18.9. The zero-order valence-electron chi connectivity index (χ0n) is 14.5. The van der Waals surface area contributed by atoms with Gasteiger partial charge in [0.05, 0.1) is 4.90 Å². The van der Waals surface area contributed by atoms with Crippen LogP contribution in [0.5, 0.6) is 0 Å². The molecule has 5 nitrogen and oxygen atoms in total. The number of anilines is 1. The number of rotatable bonds is 5. The van der Waals surface area contributed by atoms with E-state index in [1.807, 2.05) is 31.2 Å². The van der Waals surface area contributed by atoms with Crippen LogP contribution < -0.4 is 5.32 Å². The molecule has 1 heterocycles. The number of aryl methyl sites for hydroxylation is 1. The number of nitrogens with one attached hydrogen (secondary N) is 1. The fourth-order valence-corrected chi connectivity index (χ4v) is 4.98. The molecule has 0 saturated carbocycles. The highest BCUT2D eigenvalue weighted by Crippen LogP contribution is 2.28. The summed E-state index contributed by atoms with van der Waals surface area (Å²) in [6.07, 6.45) is 1.95. The molecule has 0 spiro atoms. The Hall–Kier alpha value is -1.89. The molecule has 0 radical (unpaired) electrons. The van der Waals surface area contributed by atoms with E-state index >= 15 is 0 Å². The Bertz CT molecular complexity index is 897. The summed E-state index contributed by atoms with van der Waals surface area (Å²) in [5.74, 6) is -0.291. The number of para-hydroxylation sites is 1. The third-order valence-electron chi connectivity index (χ3n) is 4.58. The Morgan fingerprint density at radius 2 is 1.88 bits per heavy atom. The molecule has 0 unspecified atom stereocenters. The van der Waals surface area contributed by atoms with Crippen LogP contribution in [0.3, 0.4) is 0 Å². The molecule has 1 saturated heterocycles. The number of hydrogen-bond acceptors (Lipinski definition) is 3. The number of amides is 1. The Kier molecular flexibility index (Phi) is 5.65. The SMILES string of the molecule is CCc1ccccc1NC(=O)[C@@H]1CCCN1S(=O)(=O)c1ccc(Cl)cc1. The largest absolute Gasteiger partial charge is 0.324 e. The maximum atomic E-state index is 12.9. The second kappa shape index (κ2) is 7.78. The minimum atomic E-state index is -3.74. The lowest BCUT2D eigenvalue weighted by molar-refractivity contribution is -0.119. The van der Waals surface area contributed by atoms with Gasteiger partial charge in [-0.15, -0.1) is 0 Å². The van der Waals surface area contributed by atoms with Gasteiger partial charge in [-0.3, -0.25) is 4.79 Å². The standard InChI is InChI=1S/C19H21ClN2O3S/c1-2-14-6-3-4-7-17(14)21-19(23)18-8-5-13-22(18)26(24,25)16-11-9-15(20)10-12-16/h3-4,6-7,9-12,18H,2,5,8,13H2,1H3,(H,21,23)/t18-/m0/s1. The van der Waals surface area contributed by atoms with Crippen molar-refractivity contribution in [2.24, 2.45) is 0 Å². The van der Waals surface area contributed by atoms with Crippen LogP contribution in [0.4, 0.5) is 5.69 Å². The highest BCUT2D eigenvalue weighted by atomic mass is 35.5. The number of carbonyl (C=O) groups excluding carboxylic acids is 1. The first-order chi connectivity index (χ1) is 12.4. The van der Waals surface area contributed by atoms with E-state index in [0.29, 0.717) is 24.4 Å². The average molecular weight is 393 g/mol. The molecule has 138 valence electrons. The number of hydrogen-bond donors (Lipinski definition) is 1. The zero-order valence-corrected chi connectivity index (χ0v) is 16.1. The van der Waals surface area contributed by atoms with Crippen molar-refractivity contribution in [1.82, 2.24) is 4.31 Å². The van der Waals surface area contributed by atoms with Crippen LogP contribution in [-0.2, 0) is 21.2 Å². The maximum Gasteiger partial charge on any atom is 0.243 e. The van der Waals surface area contributed by atoms with Gasteiger partial charge in [-0.05, 0) is 55.2 Å². The Labute approximate surface area is 159 Å². The minimum Gasteiger partial charge on any atom is -0.324 e. The number of halogens is 1. The lowest BCUT2D eigenvalue weighted by Crippen LogP contribution is -2.43. The molecule has 0 aliphatic carbocycles. The maximum absolute atomic E-state index is 12.9. The van der Waals surface area contributed by atoms with Crippen molar-refractivity contribution in [2.45, 2.75) is 37.1 Å². The second-order valence-corrected chi connectivity index (χ2v) is 8.55. The molecule has 0 bridgehead atoms. The molecule has 1 fully saturated rings. The molecular weight excluding hydrogens is 372 g/mol. The van der Waals surface area contributed by atoms with Crippen LogP contribution in [0.15, 0.2) is 53.4 Å². The molecule has 7 heteroatoms. The number of benzene rings is 2. The Balaban J connectivity index is 1.83. The molecule has 2 aromatic rings. The third kappa shape index (κ3) is 3.77. The van der Waals surface area contributed by atoms with Crippen molar-refractivity contribution in [2.75, 3.05) is 11.9 Å². The highest BCUT2D eigenvalue weighted by molar-refractivity contribution is 7.89. The van der Waals surface area contributed by atoms with E-state index in [4.69, 9.17) is 11.6 Å². The summed E-state index contributed by atoms with van der Waals surface area (Å²) in [6.45, 7) is 2.34. The molecule has 1 amide bonds. The van der Waals surface area contributed by atoms with Gasteiger partial charge in [0.2, 0.25) is 15.9 Å². The van der Waals surface area contributed by atoms with E-state index < -0.39 is 16.1 Å². The van der Waals surface area contributed by atoms with E-state index in [1.165, 1.54) is 28.6 Å². The van der Waals surface area contributed by atoms with Crippen molar-refractivity contribution >= 4 is 33.2 Å². The van der Waals surface area contributed by atoms with Gasteiger partial charge < -0.3 is 5.32 Å². The molecule has 2 aromatic carbocycles. The van der Waals surface area contributed by atoms with Crippen LogP contribution in [0.2, 0.25) is 5.02 Å². The van der Waals surface area contributed by atoms with Crippen LogP contribution in [0, 0.1) is 0 Å². The minimum absolute atomic E-state index is 0.149. The lowest BCUT2D eigenvalue weighted by Gasteiger charge is -2.24. The second-order valence-electron chi connectivity index (χ2n) is 6.23. The van der Waals surface area contributed by atoms with Gasteiger partial charge >= 0.3 is 0 Å². The Morgan fingerprint density at radius 1 is 1.19 bits per heavy atom. The Morgan fingerprint density at radius 3 is 2.58 bits per heavy atom. The van der Waals surface area contributed by atoms with Gasteiger partial charge in [-0.2, -0.15) is 4.31 Å². The van der Waals surface area contributed by atoms with Crippen molar-refractivity contribution in [1.29, 1.82) is 0 Å². The van der Waals surface area contributed by atoms with Crippen LogP contribution in [-0.4, -0.2) is 31.2 Å². The van der Waals surface area contributed by atoms with Crippen molar-refractivity contribution in [3.8, 4) is 0 Å². The van der Waals surface area contributed by atoms with Crippen LogP contribution in [0.25, 0.3) is 0 Å². The zero-order chi connectivity index (χ0) is 18.7. The van der Waals surface area contributed by atoms with Gasteiger partial charge in [0.25, 0.3) is 0 Å². The fraction of sp³-hybridized carbons (Fsp3) is 0.316. The van der Waals surface area contributed by atoms with Gasteiger partial charge in [0, 0.05) is 17.3 Å². The molecule has 1 N–H and O–H groups in total. The van der Waals surface area contributed by atoms with Gasteiger partial charge in [0.15, 0.2) is 0 Å². The molecule has 3 rings (SSSR count). The quantitative estimate of drug-likeness (QED) is 0.843. The monoisotopic (exact) mass is 392 g/mol. The van der Waals surface area contributed by atoms with Gasteiger partial charge in [-0.25, -0.2) is 8.42 Å². The van der Waals surface area contributed by atoms with Crippen LogP contribution in [0.1, 0.15) is 25.3 Å². The summed E-state index contributed by atoms with van der Waals surface area (Å²) >= 11 is 5.85. The summed E-state index contributed by atoms with van der Waals surface area (Å²) < 4.78 is 27.2. The molecule has 26 heavy (non-hydrogen) atoms. The summed E-state index contributed by atoms with van der Waals surface area (Å²) in [4.78, 5) is 12.9. The topological polar surface area (TPSA) is 66.5 Å². The first-order valence-electron chi connectivity index (χ1n) is 8.59.